The summed E-state index contributed by atoms with van der Waals surface area (Å²) < 4.78 is 26.8. The molecule has 2 amide bonds. The first-order valence-corrected chi connectivity index (χ1v) is 30.5. The molecule has 0 aliphatic carbocycles. The van der Waals surface area contributed by atoms with Gasteiger partial charge in [0.25, 0.3) is 0 Å². The number of hydrogen-bond donors (Lipinski definition) is 2. The minimum absolute atomic E-state index is 0.0742. The van der Waals surface area contributed by atoms with Crippen molar-refractivity contribution in [2.45, 2.75) is 78.0 Å². The molecule has 9 heterocycles. The lowest BCUT2D eigenvalue weighted by Crippen LogP contribution is -2.41. The molecule has 0 spiro atoms. The van der Waals surface area contributed by atoms with Gasteiger partial charge in [-0.15, -0.1) is 45.3 Å². The van der Waals surface area contributed by atoms with Crippen LogP contribution in [-0.2, 0) is 32.0 Å². The van der Waals surface area contributed by atoms with Crippen molar-refractivity contribution in [3.8, 4) is 0 Å². The highest BCUT2D eigenvalue weighted by molar-refractivity contribution is 14.1. The molecule has 2 N–H and O–H groups in total. The van der Waals surface area contributed by atoms with E-state index in [1.807, 2.05) is 144 Å². The number of ether oxygens (including phenoxy) is 2. The molecular formula is C60H56BIN8O6S4. The predicted octanol–water partition coefficient (Wildman–Crippen LogP) is 15.9. The Morgan fingerprint density at radius 2 is 1.14 bits per heavy atom. The summed E-state index contributed by atoms with van der Waals surface area (Å²) in [7, 11) is -0.424. The number of carbonyl (C=O) groups excluding carboxylic acids is 2. The standard InChI is InChI=1S/C27H22N4O2S2.C19H26BNO4.C14H8IN3S2/c1-17-20(10-12-31(17)27(32)33-15-18-5-3-2-4-6-18)25-14-21-22(9-11-28-26(21)35-25)30-19-7-8-24-23(13-19)29-16-34-24;1-14-16(20-24-18(2,3)19(4,5)25-20)11-12-21(14)17(22)23-13-15-9-7-6-8-10-15;15-13-6-9-10(3-4-16-14(9)20-13)18-8-1-2-12-11(5-8)17-7-19-12/h2-11,13-14,16-17H,12,15H2,1H3,(H,28,30);6-11,14H,12-13H2,1-5H3;1-7H,(H,16,18). The minimum Gasteiger partial charge on any atom is -0.445 e. The van der Waals surface area contributed by atoms with Crippen LogP contribution in [-0.4, -0.2) is 85.4 Å². The van der Waals surface area contributed by atoms with E-state index in [9.17, 15) is 9.59 Å². The zero-order valence-corrected chi connectivity index (χ0v) is 50.1. The maximum absolute atomic E-state index is 12.8. The van der Waals surface area contributed by atoms with Gasteiger partial charge in [0, 0.05) is 52.5 Å². The number of aromatic nitrogens is 4. The van der Waals surface area contributed by atoms with E-state index in [0.717, 1.165) is 75.9 Å². The summed E-state index contributed by atoms with van der Waals surface area (Å²) in [5.74, 6) is 0. The van der Waals surface area contributed by atoms with E-state index in [1.54, 1.807) is 55.1 Å². The number of nitrogens with one attached hydrogen (secondary N) is 2. The summed E-state index contributed by atoms with van der Waals surface area (Å²) in [4.78, 5) is 49.6. The Bertz CT molecular complexity index is 3910. The highest BCUT2D eigenvalue weighted by Gasteiger charge is 2.54. The predicted molar refractivity (Wildman–Crippen MR) is 335 cm³/mol. The number of benzene rings is 4. The second-order valence-corrected chi connectivity index (χ2v) is 26.1. The highest BCUT2D eigenvalue weighted by atomic mass is 127. The number of thiazole rings is 2. The molecule has 0 bridgehead atoms. The largest absolute Gasteiger partial charge is 0.492 e. The Morgan fingerprint density at radius 3 is 1.69 bits per heavy atom. The van der Waals surface area contributed by atoms with Gasteiger partial charge in [-0.1, -0.05) is 72.8 Å². The van der Waals surface area contributed by atoms with Crippen LogP contribution < -0.4 is 10.6 Å². The van der Waals surface area contributed by atoms with Crippen LogP contribution in [0.5, 0.6) is 0 Å². The molecule has 4 aromatic carbocycles. The molecule has 1 saturated heterocycles. The van der Waals surface area contributed by atoms with E-state index < -0.39 is 7.12 Å². The molecule has 20 heteroatoms. The lowest BCUT2D eigenvalue weighted by molar-refractivity contribution is 0.00578. The fourth-order valence-corrected chi connectivity index (χ4v) is 13.6. The van der Waals surface area contributed by atoms with Crippen molar-refractivity contribution in [1.82, 2.24) is 29.7 Å². The van der Waals surface area contributed by atoms with Gasteiger partial charge in [-0.2, -0.15) is 0 Å². The second-order valence-electron chi connectivity index (χ2n) is 20.3. The minimum atomic E-state index is -0.424. The smallest absolute Gasteiger partial charge is 0.445 e. The van der Waals surface area contributed by atoms with Gasteiger partial charge in [0.1, 0.15) is 22.9 Å². The molecule has 3 aliphatic rings. The van der Waals surface area contributed by atoms with Crippen molar-refractivity contribution >= 4 is 156 Å². The number of fused-ring (bicyclic) bond motifs is 4. The van der Waals surface area contributed by atoms with E-state index in [0.29, 0.717) is 13.1 Å². The number of amides is 2. The number of pyridine rings is 2. The summed E-state index contributed by atoms with van der Waals surface area (Å²) >= 11 is 8.98. The lowest BCUT2D eigenvalue weighted by atomic mass is 9.75. The monoisotopic (exact) mass is 1250 g/mol. The first kappa shape index (κ1) is 55.1. The third-order valence-corrected chi connectivity index (χ3v) is 19.2. The number of carbonyl (C=O) groups is 2. The van der Waals surface area contributed by atoms with Crippen LogP contribution >= 0.6 is 67.9 Å². The van der Waals surface area contributed by atoms with Crippen molar-refractivity contribution in [3.05, 3.63) is 181 Å². The topological polar surface area (TPSA) is 153 Å². The fourth-order valence-electron chi connectivity index (χ4n) is 9.45. The number of rotatable bonds is 10. The Morgan fingerprint density at radius 1 is 0.637 bits per heavy atom. The van der Waals surface area contributed by atoms with Gasteiger partial charge in [-0.3, -0.25) is 9.80 Å². The second kappa shape index (κ2) is 23.7. The molecule has 14 nitrogen and oxygen atoms in total. The molecule has 406 valence electrons. The average molecular weight is 1250 g/mol. The molecule has 0 radical (unpaired) electrons. The van der Waals surface area contributed by atoms with E-state index in [2.05, 4.69) is 108 Å². The van der Waals surface area contributed by atoms with Crippen molar-refractivity contribution in [3.63, 3.8) is 0 Å². The molecule has 2 atom stereocenters. The van der Waals surface area contributed by atoms with Crippen LogP contribution in [0.25, 0.3) is 46.4 Å². The van der Waals surface area contributed by atoms with Crippen LogP contribution in [0.2, 0.25) is 0 Å². The number of anilines is 4. The maximum atomic E-state index is 12.8. The van der Waals surface area contributed by atoms with Gasteiger partial charge >= 0.3 is 19.3 Å². The first-order valence-electron chi connectivity index (χ1n) is 26.0. The van der Waals surface area contributed by atoms with Gasteiger partial charge in [-0.25, -0.2) is 29.5 Å². The molecule has 1 fully saturated rings. The van der Waals surface area contributed by atoms with Gasteiger partial charge < -0.3 is 29.4 Å². The van der Waals surface area contributed by atoms with Crippen molar-refractivity contribution in [1.29, 1.82) is 0 Å². The molecule has 80 heavy (non-hydrogen) atoms. The number of thiophene rings is 2. The summed E-state index contributed by atoms with van der Waals surface area (Å²) in [6, 6.07) is 40.0. The summed E-state index contributed by atoms with van der Waals surface area (Å²) in [5.41, 5.74) is 13.2. The number of nitrogens with zero attached hydrogens (tertiary/aromatic N) is 6. The third-order valence-electron chi connectivity index (χ3n) is 14.6. The maximum Gasteiger partial charge on any atom is 0.492 e. The summed E-state index contributed by atoms with van der Waals surface area (Å²) in [5, 5.41) is 9.23. The van der Waals surface area contributed by atoms with Crippen LogP contribution in [0.15, 0.2) is 162 Å². The average Bonchev–Trinajstić information content (AvgIpc) is 4.39. The quantitative estimate of drug-likeness (QED) is 0.0990. The van der Waals surface area contributed by atoms with Crippen LogP contribution in [0.4, 0.5) is 32.3 Å². The SMILES string of the molecule is CC1C(B2OC(C)(C)C(C)(C)O2)=CCN1C(=O)OCc1ccccc1.CC1C(c2cc3c(Nc4ccc5scnc5c4)ccnc3s2)=CCN1C(=O)OCc1ccccc1.Ic1cc2c(Nc3ccc4scnc4c3)ccnc2s1. The van der Waals surface area contributed by atoms with Gasteiger partial charge in [-0.05, 0) is 147 Å². The molecule has 10 aromatic rings. The van der Waals surface area contributed by atoms with E-state index in [1.165, 1.54) is 17.7 Å². The Balaban J connectivity index is 0.000000132. The van der Waals surface area contributed by atoms with Crippen LogP contribution in [0.1, 0.15) is 57.5 Å². The summed E-state index contributed by atoms with van der Waals surface area (Å²) in [6.45, 7) is 13.7. The normalized spacial score (nSPS) is 17.2. The Labute approximate surface area is 493 Å². The van der Waals surface area contributed by atoms with Crippen LogP contribution in [0, 0.1) is 2.88 Å². The molecule has 6 aromatic heterocycles. The van der Waals surface area contributed by atoms with Gasteiger partial charge in [0.2, 0.25) is 0 Å². The van der Waals surface area contributed by atoms with Crippen molar-refractivity contribution < 1.29 is 28.4 Å². The van der Waals surface area contributed by atoms with Gasteiger partial charge in [0.05, 0.1) is 69.0 Å². The van der Waals surface area contributed by atoms with Crippen molar-refractivity contribution in [2.75, 3.05) is 23.7 Å². The van der Waals surface area contributed by atoms with Crippen molar-refractivity contribution in [2.24, 2.45) is 0 Å². The fraction of sp³-hybridized carbons (Fsp3) is 0.233. The molecule has 13 rings (SSSR count). The molecular weight excluding hydrogens is 1190 g/mol. The van der Waals surface area contributed by atoms with Gasteiger partial charge in [0.15, 0.2) is 0 Å². The number of halogens is 1. The van der Waals surface area contributed by atoms with E-state index in [-0.39, 0.29) is 48.7 Å². The van der Waals surface area contributed by atoms with E-state index >= 15 is 0 Å². The zero-order chi connectivity index (χ0) is 55.5. The Hall–Kier alpha value is -6.79. The molecule has 3 aliphatic heterocycles. The zero-order valence-electron chi connectivity index (χ0n) is 44.7. The van der Waals surface area contributed by atoms with E-state index in [4.69, 9.17) is 18.8 Å². The Kier molecular flexibility index (Phi) is 16.4. The molecule has 0 saturated carbocycles. The highest BCUT2D eigenvalue weighted by Crippen LogP contribution is 2.42. The lowest BCUT2D eigenvalue weighted by Gasteiger charge is -2.32. The third kappa shape index (κ3) is 12.1. The summed E-state index contributed by atoms with van der Waals surface area (Å²) in [6.07, 6.45) is 7.18. The van der Waals surface area contributed by atoms with Crippen LogP contribution in [0.3, 0.4) is 0 Å². The number of hydrogen-bond acceptors (Lipinski definition) is 16. The molecule has 2 unspecified atom stereocenters. The first-order chi connectivity index (χ1) is 38.7.